The Morgan fingerprint density at radius 3 is 2.38 bits per heavy atom. The molecule has 0 amide bonds. The summed E-state index contributed by atoms with van der Waals surface area (Å²) in [5.41, 5.74) is 2.76. The van der Waals surface area contributed by atoms with Gasteiger partial charge in [0.25, 0.3) is 0 Å². The zero-order chi connectivity index (χ0) is 9.84. The number of hydrogen-bond acceptors (Lipinski definition) is 3. The number of benzene rings is 1. The highest BCUT2D eigenvalue weighted by atomic mass is 35.5. The number of nitrogens with one attached hydrogen (secondary N) is 1. The van der Waals surface area contributed by atoms with E-state index in [1.54, 1.807) is 18.2 Å². The minimum atomic E-state index is -0.462. The van der Waals surface area contributed by atoms with Crippen LogP contribution in [-0.2, 0) is 9.63 Å². The van der Waals surface area contributed by atoms with Crippen LogP contribution in [0.1, 0.15) is 6.92 Å². The van der Waals surface area contributed by atoms with E-state index in [9.17, 15) is 4.79 Å². The molecule has 1 N–H and O–H groups in total. The van der Waals surface area contributed by atoms with Gasteiger partial charge in [0, 0.05) is 6.92 Å². The van der Waals surface area contributed by atoms with Crippen LogP contribution < -0.4 is 5.48 Å². The Bertz CT molecular complexity index is 308. The molecule has 0 fully saturated rings. The highest BCUT2D eigenvalue weighted by Gasteiger charge is 2.05. The zero-order valence-corrected chi connectivity index (χ0v) is 8.32. The van der Waals surface area contributed by atoms with Crippen molar-refractivity contribution in [2.75, 3.05) is 5.48 Å². The van der Waals surface area contributed by atoms with E-state index in [0.29, 0.717) is 15.7 Å². The van der Waals surface area contributed by atoms with Crippen LogP contribution in [-0.4, -0.2) is 5.97 Å². The predicted molar refractivity (Wildman–Crippen MR) is 51.9 cm³/mol. The Balaban J connectivity index is 2.81. The second-order valence-corrected chi connectivity index (χ2v) is 3.11. The molecule has 0 aliphatic heterocycles. The minimum Gasteiger partial charge on any atom is -0.344 e. The van der Waals surface area contributed by atoms with Crippen molar-refractivity contribution in [2.24, 2.45) is 0 Å². The second kappa shape index (κ2) is 4.35. The number of carbonyl (C=O) groups is 1. The number of anilines is 1. The van der Waals surface area contributed by atoms with Crippen LogP contribution in [0.25, 0.3) is 0 Å². The van der Waals surface area contributed by atoms with Gasteiger partial charge in [0.2, 0.25) is 0 Å². The van der Waals surface area contributed by atoms with Crippen molar-refractivity contribution in [3.8, 4) is 0 Å². The highest BCUT2D eigenvalue weighted by Crippen LogP contribution is 2.29. The topological polar surface area (TPSA) is 38.3 Å². The van der Waals surface area contributed by atoms with Crippen molar-refractivity contribution >= 4 is 34.9 Å². The molecule has 70 valence electrons. The smallest absolute Gasteiger partial charge is 0.329 e. The van der Waals surface area contributed by atoms with Gasteiger partial charge in [-0.2, -0.15) is 0 Å². The van der Waals surface area contributed by atoms with E-state index >= 15 is 0 Å². The molecule has 13 heavy (non-hydrogen) atoms. The molecule has 0 heterocycles. The van der Waals surface area contributed by atoms with Gasteiger partial charge >= 0.3 is 5.97 Å². The van der Waals surface area contributed by atoms with Gasteiger partial charge < -0.3 is 4.84 Å². The molecule has 1 aromatic rings. The van der Waals surface area contributed by atoms with Gasteiger partial charge in [-0.15, -0.1) is 0 Å². The fourth-order valence-electron chi connectivity index (χ4n) is 0.718. The van der Waals surface area contributed by atoms with Crippen molar-refractivity contribution in [1.29, 1.82) is 0 Å². The van der Waals surface area contributed by atoms with E-state index in [4.69, 9.17) is 23.2 Å². The molecule has 0 spiro atoms. The van der Waals surface area contributed by atoms with E-state index in [1.807, 2.05) is 0 Å². The maximum absolute atomic E-state index is 10.5. The number of halogens is 2. The summed E-state index contributed by atoms with van der Waals surface area (Å²) in [6, 6.07) is 4.97. The lowest BCUT2D eigenvalue weighted by Crippen LogP contribution is -2.06. The molecule has 0 saturated heterocycles. The third-order valence-electron chi connectivity index (χ3n) is 1.26. The van der Waals surface area contributed by atoms with E-state index in [2.05, 4.69) is 10.3 Å². The molecule has 1 rings (SSSR count). The van der Waals surface area contributed by atoms with Gasteiger partial charge in [-0.1, -0.05) is 29.3 Å². The summed E-state index contributed by atoms with van der Waals surface area (Å²) in [7, 11) is 0. The molecule has 5 heteroatoms. The van der Waals surface area contributed by atoms with E-state index in [-0.39, 0.29) is 0 Å². The van der Waals surface area contributed by atoms with E-state index in [0.717, 1.165) is 0 Å². The van der Waals surface area contributed by atoms with Gasteiger partial charge in [-0.05, 0) is 12.1 Å². The fraction of sp³-hybridized carbons (Fsp3) is 0.125. The summed E-state index contributed by atoms with van der Waals surface area (Å²) in [5.74, 6) is -0.462. The maximum atomic E-state index is 10.5. The normalized spacial score (nSPS) is 9.46. The van der Waals surface area contributed by atoms with Crippen molar-refractivity contribution in [3.63, 3.8) is 0 Å². The summed E-state index contributed by atoms with van der Waals surface area (Å²) in [6.07, 6.45) is 0. The maximum Gasteiger partial charge on any atom is 0.329 e. The Labute approximate surface area is 85.5 Å². The summed E-state index contributed by atoms with van der Waals surface area (Å²) in [4.78, 5) is 15.0. The Morgan fingerprint density at radius 2 is 1.92 bits per heavy atom. The van der Waals surface area contributed by atoms with Crippen molar-refractivity contribution in [2.45, 2.75) is 6.92 Å². The van der Waals surface area contributed by atoms with Crippen molar-refractivity contribution in [1.82, 2.24) is 0 Å². The molecule has 0 bridgehead atoms. The van der Waals surface area contributed by atoms with Gasteiger partial charge in [0.1, 0.15) is 5.69 Å². The van der Waals surface area contributed by atoms with Crippen LogP contribution >= 0.6 is 23.2 Å². The molecule has 0 aliphatic rings. The van der Waals surface area contributed by atoms with Crippen LogP contribution in [0.4, 0.5) is 5.69 Å². The van der Waals surface area contributed by atoms with Crippen LogP contribution in [0.15, 0.2) is 18.2 Å². The molecule has 3 nitrogen and oxygen atoms in total. The SMILES string of the molecule is CC(=O)ONc1c(Cl)cccc1Cl. The first-order valence-corrected chi connectivity index (χ1v) is 4.24. The van der Waals surface area contributed by atoms with E-state index < -0.39 is 5.97 Å². The molecule has 0 saturated carbocycles. The van der Waals surface area contributed by atoms with E-state index in [1.165, 1.54) is 6.92 Å². The third-order valence-corrected chi connectivity index (χ3v) is 1.89. The van der Waals surface area contributed by atoms with Crippen molar-refractivity contribution < 1.29 is 9.63 Å². The second-order valence-electron chi connectivity index (χ2n) is 2.29. The summed E-state index contributed by atoms with van der Waals surface area (Å²) >= 11 is 11.5. The van der Waals surface area contributed by atoms with Gasteiger partial charge in [-0.25, -0.2) is 5.48 Å². The minimum absolute atomic E-state index is 0.390. The summed E-state index contributed by atoms with van der Waals surface area (Å²) < 4.78 is 0. The lowest BCUT2D eigenvalue weighted by atomic mass is 10.3. The fourth-order valence-corrected chi connectivity index (χ4v) is 1.19. The van der Waals surface area contributed by atoms with Crippen LogP contribution in [0, 0.1) is 0 Å². The molecule has 0 aliphatic carbocycles. The number of carbonyl (C=O) groups excluding carboxylic acids is 1. The average Bonchev–Trinajstić information content (AvgIpc) is 2.03. The largest absolute Gasteiger partial charge is 0.344 e. The highest BCUT2D eigenvalue weighted by molar-refractivity contribution is 6.39. The first-order chi connectivity index (χ1) is 6.11. The Hall–Kier alpha value is -0.930. The standard InChI is InChI=1S/C8H7Cl2NO2/c1-5(12)13-11-8-6(9)3-2-4-7(8)10/h2-4,11H,1H3. The predicted octanol–water partition coefficient (Wildman–Crippen LogP) is 2.88. The molecule has 0 atom stereocenters. The molecule has 0 aromatic heterocycles. The molecule has 1 aromatic carbocycles. The summed E-state index contributed by atoms with van der Waals surface area (Å²) in [6.45, 7) is 1.28. The van der Waals surface area contributed by atoms with Gasteiger partial charge in [-0.3, -0.25) is 4.79 Å². The van der Waals surface area contributed by atoms with Crippen LogP contribution in [0.3, 0.4) is 0 Å². The molecule has 0 unspecified atom stereocenters. The quantitative estimate of drug-likeness (QED) is 0.778. The van der Waals surface area contributed by atoms with Gasteiger partial charge in [0.05, 0.1) is 10.0 Å². The van der Waals surface area contributed by atoms with Gasteiger partial charge in [0.15, 0.2) is 0 Å². The first kappa shape index (κ1) is 10.2. The number of hydrogen-bond donors (Lipinski definition) is 1. The Kier molecular flexibility index (Phi) is 3.39. The first-order valence-electron chi connectivity index (χ1n) is 3.48. The number of rotatable bonds is 2. The lowest BCUT2D eigenvalue weighted by molar-refractivity contribution is -0.138. The molecular formula is C8H7Cl2NO2. The zero-order valence-electron chi connectivity index (χ0n) is 6.80. The summed E-state index contributed by atoms with van der Waals surface area (Å²) in [5, 5.41) is 0.794. The average molecular weight is 220 g/mol. The lowest BCUT2D eigenvalue weighted by Gasteiger charge is -2.07. The van der Waals surface area contributed by atoms with Crippen LogP contribution in [0.5, 0.6) is 0 Å². The number of para-hydroxylation sites is 1. The van der Waals surface area contributed by atoms with Crippen LogP contribution in [0.2, 0.25) is 10.0 Å². The Morgan fingerprint density at radius 1 is 1.38 bits per heavy atom. The molecular weight excluding hydrogens is 213 g/mol. The monoisotopic (exact) mass is 219 g/mol. The third kappa shape index (κ3) is 2.79. The van der Waals surface area contributed by atoms with Crippen molar-refractivity contribution in [3.05, 3.63) is 28.2 Å². The molecule has 0 radical (unpaired) electrons.